The van der Waals surface area contributed by atoms with Crippen LogP contribution < -0.4 is 27.4 Å². The molecule has 24 aromatic rings. The van der Waals surface area contributed by atoms with Gasteiger partial charge in [0, 0.05) is 142 Å². The first-order valence-electron chi connectivity index (χ1n) is 47.5. The Hall–Kier alpha value is -18.8. The number of nitrogens with zero attached hydrogens (tertiary/aromatic N) is 12. The van der Waals surface area contributed by atoms with Crippen molar-refractivity contribution < 1.29 is 62.4 Å². The molecule has 0 amide bonds. The van der Waals surface area contributed by atoms with Crippen LogP contribution in [0.1, 0.15) is 59.9 Å². The molecule has 684 valence electrons. The summed E-state index contributed by atoms with van der Waals surface area (Å²) in [6, 6.07) is 89.8. The van der Waals surface area contributed by atoms with Gasteiger partial charge in [0.1, 0.15) is 109 Å². The third-order valence-electron chi connectivity index (χ3n) is 26.6. The second-order valence-electron chi connectivity index (χ2n) is 35.5. The van der Waals surface area contributed by atoms with Gasteiger partial charge >= 0.3 is 0 Å². The number of halogens is 1. The molecule has 0 saturated carbocycles. The summed E-state index contributed by atoms with van der Waals surface area (Å²) in [5, 5.41) is 21.7. The van der Waals surface area contributed by atoms with Gasteiger partial charge < -0.3 is 26.5 Å². The van der Waals surface area contributed by atoms with Gasteiger partial charge in [-0.15, -0.1) is 0 Å². The van der Waals surface area contributed by atoms with Gasteiger partial charge in [-0.2, -0.15) is 14.4 Å². The fourth-order valence-corrected chi connectivity index (χ4v) is 19.5. The van der Waals surface area contributed by atoms with E-state index in [0.717, 1.165) is 199 Å². The fourth-order valence-electron chi connectivity index (χ4n) is 19.5. The van der Waals surface area contributed by atoms with Gasteiger partial charge in [-0.05, 0) is 210 Å². The Kier molecular flexibility index (Phi) is 23.7. The highest BCUT2D eigenvalue weighted by Gasteiger charge is 2.30. The van der Waals surface area contributed by atoms with Gasteiger partial charge in [0.15, 0.2) is 64.7 Å². The lowest BCUT2D eigenvalue weighted by Gasteiger charge is -2.07. The second-order valence-corrected chi connectivity index (χ2v) is 35.5. The van der Waals surface area contributed by atoms with Gasteiger partial charge in [-0.1, -0.05) is 97.1 Å². The van der Waals surface area contributed by atoms with Crippen molar-refractivity contribution >= 4 is 160 Å². The highest BCUT2D eigenvalue weighted by Crippen LogP contribution is 2.47. The quantitative estimate of drug-likeness (QED) is 0.119. The molecular formula is C123H95FN12O6+6. The zero-order chi connectivity index (χ0) is 102. The predicted molar refractivity (Wildman–Crippen MR) is 561 cm³/mol. The lowest BCUT2D eigenvalue weighted by Crippen LogP contribution is -2.34. The van der Waals surface area contributed by atoms with Crippen LogP contribution in [0.25, 0.3) is 223 Å². The zero-order valence-corrected chi connectivity index (χ0v) is 80.6. The van der Waals surface area contributed by atoms with E-state index in [1.807, 2.05) is 224 Å². The van der Waals surface area contributed by atoms with Gasteiger partial charge in [0.2, 0.25) is 40.4 Å². The summed E-state index contributed by atoms with van der Waals surface area (Å²) in [5.74, 6) is -0.273. The van der Waals surface area contributed by atoms with Crippen molar-refractivity contribution in [3.63, 3.8) is 0 Å². The zero-order valence-electron chi connectivity index (χ0n) is 83.6. The monoisotopic (exact) mass is 1860 g/mol. The lowest BCUT2D eigenvalue weighted by molar-refractivity contribution is -0.666. The SMILES string of the molecule is Cc1ccc2oc3cccc(C#N)c3c2c1-c1cccc[n+]1C.[2H]C([2H])([2H])c1ccc(-c2c(C)ccc3oc4cc([N+]#[C-])ccc4c23)[n+](C)c1.[C-]#[N+]c1ccc2c(c1)oc1ccc(C)c(-c3ccc(F)c[n+]3C)c12.[C-]#[N+]c1ccc2c(c1)oc1ccc(C)c(-c3cccc(C)[n+]3C)c12.[C-]#[N+]c1ccc2c(oc3ccc(C)c(-c4cccc[n+]4C)c32)c1C.[C-]#[N+]c1ccc2oc3ccc(C)c(-c4cccc[n+]4C)c3c2c1. The van der Waals surface area contributed by atoms with Crippen LogP contribution in [0.4, 0.5) is 32.8 Å². The van der Waals surface area contributed by atoms with Gasteiger partial charge in [-0.25, -0.2) is 46.9 Å². The first-order chi connectivity index (χ1) is 70.0. The number of furan rings is 6. The van der Waals surface area contributed by atoms with Crippen LogP contribution in [0.2, 0.25) is 0 Å². The van der Waals surface area contributed by atoms with Gasteiger partial charge in [-0.3, -0.25) is 0 Å². The molecule has 0 aliphatic rings. The average Bonchev–Trinajstić information content (AvgIpc) is 1.69. The number of pyridine rings is 6. The number of aryl methyl sites for hydroxylation is 14. The van der Waals surface area contributed by atoms with Gasteiger partial charge in [0.25, 0.3) is 0 Å². The fraction of sp³-hybridized carbons (Fsp3) is 0.122. The van der Waals surface area contributed by atoms with Crippen molar-refractivity contribution in [2.24, 2.45) is 42.3 Å². The number of fused-ring (bicyclic) bond motifs is 18. The highest BCUT2D eigenvalue weighted by molar-refractivity contribution is 6.19. The Labute approximate surface area is 823 Å². The Balaban J connectivity index is 0.000000110. The second kappa shape index (κ2) is 38.1. The molecule has 0 fully saturated rings. The van der Waals surface area contributed by atoms with E-state index in [-0.39, 0.29) is 5.82 Å². The number of rotatable bonds is 6. The summed E-state index contributed by atoms with van der Waals surface area (Å²) in [6.07, 6.45) is 9.24. The van der Waals surface area contributed by atoms with E-state index < -0.39 is 6.85 Å². The normalized spacial score (nSPS) is 11.5. The Morgan fingerprint density at radius 3 is 1.08 bits per heavy atom. The van der Waals surface area contributed by atoms with Crippen LogP contribution in [0, 0.1) is 112 Å². The summed E-state index contributed by atoms with van der Waals surface area (Å²) in [6.45, 7) is 50.6. The van der Waals surface area contributed by atoms with Crippen LogP contribution in [0.5, 0.6) is 0 Å². The molecule has 0 bridgehead atoms. The minimum absolute atomic E-state index is 0.273. The highest BCUT2D eigenvalue weighted by atomic mass is 19.1. The molecule has 12 aromatic carbocycles. The first kappa shape index (κ1) is 88.5. The topological polar surface area (TPSA) is 148 Å². The molecule has 0 radical (unpaired) electrons. The average molecular weight is 1860 g/mol. The van der Waals surface area contributed by atoms with E-state index in [0.29, 0.717) is 50.7 Å². The molecule has 0 unspecified atom stereocenters. The van der Waals surface area contributed by atoms with Crippen molar-refractivity contribution in [1.82, 2.24) is 0 Å². The lowest BCUT2D eigenvalue weighted by atomic mass is 9.96. The summed E-state index contributed by atoms with van der Waals surface area (Å²) in [7, 11) is 11.9. The maximum absolute atomic E-state index is 13.5. The molecule has 19 heteroatoms. The van der Waals surface area contributed by atoms with Crippen molar-refractivity contribution in [3.05, 3.63) is 423 Å². The predicted octanol–water partition coefficient (Wildman–Crippen LogP) is 30.0. The molecule has 0 saturated heterocycles. The van der Waals surface area contributed by atoms with E-state index in [9.17, 15) is 9.65 Å². The Morgan fingerprint density at radius 2 is 0.648 bits per heavy atom. The maximum Gasteiger partial charge on any atom is 0.213 e. The standard InChI is InChI=1S/3C21H17N2O.C20H14FN2O.2C20H15N2O/c1-13-5-9-17(23(4)12-13)20-14(2)6-10-18-21(20)16-8-7-15(22-3)11-19(16)24-18;1-13-8-11-18-21(16-10-9-15(22-3)12-19(16)24-18)20(13)17-7-5-6-14(2)23(17)4;1-13-8-11-18-20(19(13)17-7-5-6-12-23(17)4)15-9-10-16(22-3)14(2)21(15)24-18;1-12-4-9-17-20(15-7-6-14(22-2)10-18(15)24-17)19(12)16-8-5-13(21)11-23(16)3;1-13-7-9-18-20(19(13)16-6-4-5-11-22(16)3)15-12-14(21-2)8-10-17(15)23-18;1-13-9-10-17-20(18(13)15-7-3-4-11-22(15)2)19-14(12-21)6-5-8-16(19)23-17/h3*5-12H,1-2,4H3;4-11H,1,3H3;4-12H,1,3H3;3-11H,1-2H3/q6*+1/i1D3;;;;;. The number of hydrogen-bond acceptors (Lipinski definition) is 7. The third-order valence-corrected chi connectivity index (χ3v) is 26.6. The maximum atomic E-state index is 13.5. The summed E-state index contributed by atoms with van der Waals surface area (Å²) < 4.78 is 84.6. The molecule has 24 rings (SSSR count). The van der Waals surface area contributed by atoms with E-state index in [1.165, 1.54) is 45.8 Å². The first-order valence-corrected chi connectivity index (χ1v) is 46.0. The number of nitriles is 1. The van der Waals surface area contributed by atoms with E-state index in [4.69, 9.17) is 63.5 Å². The van der Waals surface area contributed by atoms with Crippen LogP contribution in [0.15, 0.2) is 330 Å². The van der Waals surface area contributed by atoms with Crippen molar-refractivity contribution in [3.8, 4) is 73.6 Å². The molecule has 18 nitrogen and oxygen atoms in total. The molecule has 12 aromatic heterocycles. The Bertz CT molecular complexity index is 9770. The summed E-state index contributed by atoms with van der Waals surface area (Å²) in [5.41, 5.74) is 35.4. The molecule has 0 aliphatic heterocycles. The molecule has 0 N–H and O–H groups in total. The number of benzene rings is 12. The van der Waals surface area contributed by atoms with Gasteiger partial charge in [0.05, 0.1) is 77.9 Å². The molecule has 0 aliphatic carbocycles. The van der Waals surface area contributed by atoms with Crippen molar-refractivity contribution in [2.75, 3.05) is 0 Å². The minimum atomic E-state index is -2.14. The molecule has 0 atom stereocenters. The van der Waals surface area contributed by atoms with Crippen molar-refractivity contribution in [2.45, 2.75) is 62.2 Å². The molecular weight excluding hydrogens is 1760 g/mol. The minimum Gasteiger partial charge on any atom is -0.457 e. The molecule has 142 heavy (non-hydrogen) atoms. The summed E-state index contributed by atoms with van der Waals surface area (Å²) >= 11 is 0. The largest absolute Gasteiger partial charge is 0.457 e. The van der Waals surface area contributed by atoms with Crippen molar-refractivity contribution in [1.29, 1.82) is 5.26 Å². The van der Waals surface area contributed by atoms with E-state index in [1.54, 1.807) is 53.2 Å². The summed E-state index contributed by atoms with van der Waals surface area (Å²) in [4.78, 5) is 17.6. The van der Waals surface area contributed by atoms with Crippen LogP contribution in [-0.4, -0.2) is 0 Å². The molecule has 12 heterocycles. The smallest absolute Gasteiger partial charge is 0.213 e. The molecule has 0 spiro atoms. The number of aromatic nitrogens is 6. The van der Waals surface area contributed by atoms with Crippen LogP contribution in [-0.2, 0) is 42.3 Å². The van der Waals surface area contributed by atoms with E-state index >= 15 is 0 Å². The van der Waals surface area contributed by atoms with Crippen LogP contribution >= 0.6 is 0 Å². The van der Waals surface area contributed by atoms with Crippen LogP contribution in [0.3, 0.4) is 0 Å². The number of hydrogen-bond donors (Lipinski definition) is 0. The van der Waals surface area contributed by atoms with E-state index in [2.05, 4.69) is 170 Å². The Morgan fingerprint density at radius 1 is 0.296 bits per heavy atom. The third kappa shape index (κ3) is 16.8.